The van der Waals surface area contributed by atoms with Crippen LogP contribution in [0.15, 0.2) is 30.3 Å². The van der Waals surface area contributed by atoms with Gasteiger partial charge < -0.3 is 10.0 Å². The molecule has 0 amide bonds. The van der Waals surface area contributed by atoms with Gasteiger partial charge in [0.25, 0.3) is 0 Å². The maximum Gasteiger partial charge on any atom is 0.149 e. The van der Waals surface area contributed by atoms with Crippen molar-refractivity contribution in [2.45, 2.75) is 6.61 Å². The molecule has 0 aliphatic carbocycles. The second-order valence-corrected chi connectivity index (χ2v) is 7.13. The molecule has 2 rings (SSSR count). The van der Waals surface area contributed by atoms with Gasteiger partial charge in [-0.25, -0.2) is 13.4 Å². The van der Waals surface area contributed by atoms with E-state index < -0.39 is 9.84 Å². The fourth-order valence-corrected chi connectivity index (χ4v) is 2.62. The molecule has 0 aliphatic rings. The second-order valence-electron chi connectivity index (χ2n) is 4.87. The molecule has 0 aliphatic heterocycles. The van der Waals surface area contributed by atoms with Crippen LogP contribution in [-0.4, -0.2) is 44.1 Å². The Bertz CT molecular complexity index is 713. The summed E-state index contributed by atoms with van der Waals surface area (Å²) in [7, 11) is -1.21. The van der Waals surface area contributed by atoms with Crippen molar-refractivity contribution in [1.82, 2.24) is 4.98 Å². The predicted octanol–water partition coefficient (Wildman–Crippen LogP) is 1.21. The van der Waals surface area contributed by atoms with Gasteiger partial charge in [-0.3, -0.25) is 0 Å². The van der Waals surface area contributed by atoms with Crippen molar-refractivity contribution in [3.8, 4) is 0 Å². The number of aromatic nitrogens is 1. The van der Waals surface area contributed by atoms with Crippen LogP contribution >= 0.6 is 0 Å². The SMILES string of the molecule is CN(CCS(C)(=O)=O)c1nc(CO)cc2ccccc12. The zero-order chi connectivity index (χ0) is 14.8. The van der Waals surface area contributed by atoms with E-state index in [1.54, 1.807) is 7.05 Å². The lowest BCUT2D eigenvalue weighted by Crippen LogP contribution is -2.26. The lowest BCUT2D eigenvalue weighted by atomic mass is 10.1. The number of rotatable bonds is 5. The molecule has 0 bridgehead atoms. The molecule has 0 saturated carbocycles. The fraction of sp³-hybridized carbons (Fsp3) is 0.357. The summed E-state index contributed by atoms with van der Waals surface area (Å²) in [6.07, 6.45) is 1.22. The molecule has 0 unspecified atom stereocenters. The van der Waals surface area contributed by atoms with Gasteiger partial charge in [0, 0.05) is 25.2 Å². The molecule has 1 aromatic carbocycles. The number of anilines is 1. The Hall–Kier alpha value is -1.66. The van der Waals surface area contributed by atoms with Crippen LogP contribution in [0.4, 0.5) is 5.82 Å². The number of benzene rings is 1. The molecular formula is C14H18N2O3S. The van der Waals surface area contributed by atoms with Crippen molar-refractivity contribution in [3.63, 3.8) is 0 Å². The number of nitrogens with zero attached hydrogens (tertiary/aromatic N) is 2. The Balaban J connectivity index is 2.41. The van der Waals surface area contributed by atoms with Crippen molar-refractivity contribution >= 4 is 26.4 Å². The van der Waals surface area contributed by atoms with E-state index in [-0.39, 0.29) is 12.4 Å². The summed E-state index contributed by atoms with van der Waals surface area (Å²) in [4.78, 5) is 6.21. The predicted molar refractivity (Wildman–Crippen MR) is 80.6 cm³/mol. The highest BCUT2D eigenvalue weighted by molar-refractivity contribution is 7.90. The van der Waals surface area contributed by atoms with Crippen LogP contribution in [0, 0.1) is 0 Å². The highest BCUT2D eigenvalue weighted by atomic mass is 32.2. The quantitative estimate of drug-likeness (QED) is 0.897. The summed E-state index contributed by atoms with van der Waals surface area (Å²) < 4.78 is 22.5. The van der Waals surface area contributed by atoms with Gasteiger partial charge >= 0.3 is 0 Å². The zero-order valence-electron chi connectivity index (χ0n) is 11.6. The van der Waals surface area contributed by atoms with E-state index in [2.05, 4.69) is 4.98 Å². The number of aliphatic hydroxyl groups excluding tert-OH is 1. The molecule has 0 saturated heterocycles. The summed E-state index contributed by atoms with van der Waals surface area (Å²) in [6, 6.07) is 9.56. The Labute approximate surface area is 118 Å². The van der Waals surface area contributed by atoms with Crippen LogP contribution in [0.2, 0.25) is 0 Å². The van der Waals surface area contributed by atoms with Crippen LogP contribution in [0.5, 0.6) is 0 Å². The summed E-state index contributed by atoms with van der Waals surface area (Å²) in [5, 5.41) is 11.2. The minimum Gasteiger partial charge on any atom is -0.390 e. The highest BCUT2D eigenvalue weighted by Crippen LogP contribution is 2.25. The summed E-state index contributed by atoms with van der Waals surface area (Å²) in [5.74, 6) is 0.763. The minimum atomic E-state index is -3.01. The monoisotopic (exact) mass is 294 g/mol. The van der Waals surface area contributed by atoms with E-state index in [1.807, 2.05) is 35.2 Å². The number of hydrogen-bond donors (Lipinski definition) is 1. The first-order chi connectivity index (χ1) is 9.40. The van der Waals surface area contributed by atoms with Crippen molar-refractivity contribution in [1.29, 1.82) is 0 Å². The largest absolute Gasteiger partial charge is 0.390 e. The van der Waals surface area contributed by atoms with Gasteiger partial charge in [-0.15, -0.1) is 0 Å². The van der Waals surface area contributed by atoms with Gasteiger partial charge in [0.2, 0.25) is 0 Å². The minimum absolute atomic E-state index is 0.0723. The average Bonchev–Trinajstić information content (AvgIpc) is 2.42. The molecule has 0 fully saturated rings. The van der Waals surface area contributed by atoms with E-state index in [1.165, 1.54) is 6.26 Å². The average molecular weight is 294 g/mol. The number of pyridine rings is 1. The molecule has 1 heterocycles. The van der Waals surface area contributed by atoms with Crippen LogP contribution in [0.25, 0.3) is 10.8 Å². The van der Waals surface area contributed by atoms with E-state index >= 15 is 0 Å². The molecule has 6 heteroatoms. The maximum atomic E-state index is 11.3. The summed E-state index contributed by atoms with van der Waals surface area (Å²) in [5.41, 5.74) is 0.574. The molecule has 0 radical (unpaired) electrons. The third-order valence-electron chi connectivity index (χ3n) is 3.09. The van der Waals surface area contributed by atoms with Crippen molar-refractivity contribution < 1.29 is 13.5 Å². The van der Waals surface area contributed by atoms with Crippen LogP contribution in [0.3, 0.4) is 0 Å². The molecule has 1 aromatic heterocycles. The third kappa shape index (κ3) is 3.46. The highest BCUT2D eigenvalue weighted by Gasteiger charge is 2.12. The Kier molecular flexibility index (Phi) is 4.25. The smallest absolute Gasteiger partial charge is 0.149 e. The normalized spacial score (nSPS) is 11.8. The maximum absolute atomic E-state index is 11.3. The number of hydrogen-bond acceptors (Lipinski definition) is 5. The standard InChI is InChI=1S/C14H18N2O3S/c1-16(7-8-20(2,18)19)14-13-6-4-3-5-11(13)9-12(10-17)15-14/h3-6,9,17H,7-8,10H2,1-2H3. The second kappa shape index (κ2) is 5.76. The molecule has 5 nitrogen and oxygen atoms in total. The lowest BCUT2D eigenvalue weighted by molar-refractivity contribution is 0.277. The van der Waals surface area contributed by atoms with Gasteiger partial charge in [-0.05, 0) is 11.5 Å². The zero-order valence-corrected chi connectivity index (χ0v) is 12.4. The van der Waals surface area contributed by atoms with Gasteiger partial charge in [0.1, 0.15) is 15.7 Å². The third-order valence-corrected chi connectivity index (χ3v) is 4.02. The number of fused-ring (bicyclic) bond motifs is 1. The van der Waals surface area contributed by atoms with Crippen LogP contribution < -0.4 is 4.90 Å². The number of sulfone groups is 1. The molecule has 108 valence electrons. The summed E-state index contributed by atoms with van der Waals surface area (Å²) in [6.45, 7) is 0.225. The topological polar surface area (TPSA) is 70.5 Å². The lowest BCUT2D eigenvalue weighted by Gasteiger charge is -2.20. The first-order valence-corrected chi connectivity index (χ1v) is 8.35. The molecular weight excluding hydrogens is 276 g/mol. The van der Waals surface area contributed by atoms with E-state index in [4.69, 9.17) is 0 Å². The Morgan fingerprint density at radius 1 is 1.30 bits per heavy atom. The van der Waals surface area contributed by atoms with Crippen LogP contribution in [-0.2, 0) is 16.4 Å². The van der Waals surface area contributed by atoms with Crippen LogP contribution in [0.1, 0.15) is 5.69 Å². The molecule has 20 heavy (non-hydrogen) atoms. The molecule has 0 spiro atoms. The van der Waals surface area contributed by atoms with Gasteiger partial charge in [-0.1, -0.05) is 24.3 Å². The first-order valence-electron chi connectivity index (χ1n) is 6.29. The van der Waals surface area contributed by atoms with Gasteiger partial charge in [-0.2, -0.15) is 0 Å². The van der Waals surface area contributed by atoms with E-state index in [0.29, 0.717) is 18.1 Å². The van der Waals surface area contributed by atoms with Gasteiger partial charge in [0.15, 0.2) is 0 Å². The fourth-order valence-electron chi connectivity index (χ4n) is 2.02. The Morgan fingerprint density at radius 3 is 2.65 bits per heavy atom. The number of aliphatic hydroxyl groups is 1. The molecule has 0 atom stereocenters. The molecule has 2 aromatic rings. The van der Waals surface area contributed by atoms with Crippen molar-refractivity contribution in [2.75, 3.05) is 30.5 Å². The Morgan fingerprint density at radius 2 is 2.00 bits per heavy atom. The van der Waals surface area contributed by atoms with Gasteiger partial charge in [0.05, 0.1) is 18.1 Å². The molecule has 1 N–H and O–H groups in total. The van der Waals surface area contributed by atoms with E-state index in [9.17, 15) is 13.5 Å². The first kappa shape index (κ1) is 14.7. The van der Waals surface area contributed by atoms with Crippen molar-refractivity contribution in [2.24, 2.45) is 0 Å². The summed E-state index contributed by atoms with van der Waals surface area (Å²) >= 11 is 0. The van der Waals surface area contributed by atoms with E-state index in [0.717, 1.165) is 10.8 Å². The van der Waals surface area contributed by atoms with Crippen molar-refractivity contribution in [3.05, 3.63) is 36.0 Å².